The van der Waals surface area contributed by atoms with Gasteiger partial charge in [-0.2, -0.15) is 0 Å². The summed E-state index contributed by atoms with van der Waals surface area (Å²) in [6, 6.07) is 0. The molecule has 378 valence electrons. The van der Waals surface area contributed by atoms with Crippen LogP contribution in [0.2, 0.25) is 0 Å². The molecule has 1 unspecified atom stereocenters. The monoisotopic (exact) mass is 919 g/mol. The Balaban J connectivity index is 4.49. The van der Waals surface area contributed by atoms with Crippen molar-refractivity contribution in [3.05, 3.63) is 85.1 Å². The number of esters is 3. The zero-order valence-corrected chi connectivity index (χ0v) is 43.2. The van der Waals surface area contributed by atoms with Gasteiger partial charge in [0.05, 0.1) is 6.42 Å². The molecular formula is C60H102O6. The lowest BCUT2D eigenvalue weighted by molar-refractivity contribution is -0.166. The van der Waals surface area contributed by atoms with Crippen molar-refractivity contribution in [3.63, 3.8) is 0 Å². The number of ether oxygens (including phenoxy) is 3. The minimum absolute atomic E-state index is 0.110. The second-order valence-corrected chi connectivity index (χ2v) is 18.1. The average molecular weight is 919 g/mol. The first-order chi connectivity index (χ1) is 32.5. The predicted octanol–water partition coefficient (Wildman–Crippen LogP) is 18.4. The number of carbonyl (C=O) groups is 3. The lowest BCUT2D eigenvalue weighted by Gasteiger charge is -2.18. The third-order valence-corrected chi connectivity index (χ3v) is 11.7. The standard InChI is InChI=1S/C60H102O6/c1-4-7-10-13-16-19-22-25-28-30-33-35-38-41-44-47-50-53-59(62)65-56-57(55-64-58(61)52-49-46-43-40-37-34-31-27-24-21-18-15-12-9-6-3)66-60(63)54-51-48-45-42-39-36-32-29-26-23-20-17-14-11-8-5-2/h9,12,18,20-21,23,27,29,31-32,37,40,46,49,57H,4-8,10-11,13-17,19,22,24-26,28,30,33-36,38-39,41-45,47-48,50-56H2,1-3H3/b12-9-,21-18-,23-20-,31-27-,32-29-,40-37-,49-46-. The Labute approximate surface area is 407 Å². The van der Waals surface area contributed by atoms with E-state index in [1.807, 2.05) is 6.08 Å². The van der Waals surface area contributed by atoms with Gasteiger partial charge in [0.15, 0.2) is 6.10 Å². The van der Waals surface area contributed by atoms with E-state index in [2.05, 4.69) is 93.7 Å². The van der Waals surface area contributed by atoms with Crippen LogP contribution < -0.4 is 0 Å². The van der Waals surface area contributed by atoms with Crippen LogP contribution in [0.25, 0.3) is 0 Å². The van der Waals surface area contributed by atoms with Crippen molar-refractivity contribution in [1.82, 2.24) is 0 Å². The van der Waals surface area contributed by atoms with Crippen molar-refractivity contribution in [2.24, 2.45) is 0 Å². The molecule has 0 aliphatic rings. The summed E-state index contributed by atoms with van der Waals surface area (Å²) in [7, 11) is 0. The average Bonchev–Trinajstić information content (AvgIpc) is 3.31. The van der Waals surface area contributed by atoms with Gasteiger partial charge in [-0.15, -0.1) is 0 Å². The van der Waals surface area contributed by atoms with Crippen LogP contribution in [0.3, 0.4) is 0 Å². The Morgan fingerprint density at radius 3 is 1.08 bits per heavy atom. The van der Waals surface area contributed by atoms with Crippen LogP contribution in [-0.2, 0) is 28.6 Å². The zero-order valence-electron chi connectivity index (χ0n) is 43.2. The Morgan fingerprint density at radius 2 is 0.652 bits per heavy atom. The van der Waals surface area contributed by atoms with Gasteiger partial charge >= 0.3 is 17.9 Å². The first kappa shape index (κ1) is 62.6. The highest BCUT2D eigenvalue weighted by Crippen LogP contribution is 2.15. The highest BCUT2D eigenvalue weighted by Gasteiger charge is 2.19. The predicted molar refractivity (Wildman–Crippen MR) is 284 cm³/mol. The minimum Gasteiger partial charge on any atom is -0.462 e. The van der Waals surface area contributed by atoms with Crippen molar-refractivity contribution in [3.8, 4) is 0 Å². The number of carbonyl (C=O) groups excluding carboxylic acids is 3. The Morgan fingerprint density at radius 1 is 0.333 bits per heavy atom. The van der Waals surface area contributed by atoms with Crippen LogP contribution in [0, 0.1) is 0 Å². The van der Waals surface area contributed by atoms with Gasteiger partial charge in [0.25, 0.3) is 0 Å². The van der Waals surface area contributed by atoms with Crippen molar-refractivity contribution < 1.29 is 28.6 Å². The van der Waals surface area contributed by atoms with Gasteiger partial charge in [-0.1, -0.05) is 247 Å². The third-order valence-electron chi connectivity index (χ3n) is 11.7. The third kappa shape index (κ3) is 51.6. The molecule has 66 heavy (non-hydrogen) atoms. The first-order valence-corrected chi connectivity index (χ1v) is 27.6. The molecule has 0 rings (SSSR count). The van der Waals surface area contributed by atoms with E-state index in [-0.39, 0.29) is 31.6 Å². The molecule has 0 aromatic rings. The van der Waals surface area contributed by atoms with Crippen LogP contribution in [0.15, 0.2) is 85.1 Å². The maximum absolute atomic E-state index is 12.8. The van der Waals surface area contributed by atoms with E-state index in [1.54, 1.807) is 6.08 Å². The number of allylic oxidation sites excluding steroid dienone is 13. The normalized spacial score (nSPS) is 12.7. The molecule has 0 saturated carbocycles. The number of unbranched alkanes of at least 4 members (excludes halogenated alkanes) is 25. The van der Waals surface area contributed by atoms with Gasteiger partial charge < -0.3 is 14.2 Å². The van der Waals surface area contributed by atoms with Gasteiger partial charge in [0.2, 0.25) is 0 Å². The number of rotatable bonds is 49. The Kier molecular flexibility index (Phi) is 51.4. The largest absolute Gasteiger partial charge is 0.462 e. The summed E-state index contributed by atoms with van der Waals surface area (Å²) in [5, 5.41) is 0. The lowest BCUT2D eigenvalue weighted by atomic mass is 10.0. The summed E-state index contributed by atoms with van der Waals surface area (Å²) in [6.45, 7) is 6.42. The molecule has 0 amide bonds. The SMILES string of the molecule is CC/C=C\C/C=C\C/C=C\C/C=C\C/C=C\CC(=O)OCC(COC(=O)CCCCCCCCCCCCCCCCCCC)OC(=O)CCCCCCC/C=C\C/C=C\CCCCCC. The molecule has 0 N–H and O–H groups in total. The number of hydrogen-bond acceptors (Lipinski definition) is 6. The fourth-order valence-corrected chi connectivity index (χ4v) is 7.55. The summed E-state index contributed by atoms with van der Waals surface area (Å²) in [4.78, 5) is 38.0. The second-order valence-electron chi connectivity index (χ2n) is 18.1. The molecule has 0 saturated heterocycles. The van der Waals surface area contributed by atoms with Crippen LogP contribution in [-0.4, -0.2) is 37.2 Å². The molecule has 1 atom stereocenters. The fraction of sp³-hybridized carbons (Fsp3) is 0.717. The summed E-state index contributed by atoms with van der Waals surface area (Å²) < 4.78 is 16.7. The van der Waals surface area contributed by atoms with Gasteiger partial charge in [-0.25, -0.2) is 0 Å². The highest BCUT2D eigenvalue weighted by molar-refractivity contribution is 5.72. The molecule has 0 spiro atoms. The quantitative estimate of drug-likeness (QED) is 0.0262. The van der Waals surface area contributed by atoms with E-state index < -0.39 is 12.1 Å². The summed E-state index contributed by atoms with van der Waals surface area (Å²) >= 11 is 0. The summed E-state index contributed by atoms with van der Waals surface area (Å²) in [5.74, 6) is -1.05. The van der Waals surface area contributed by atoms with Crippen LogP contribution >= 0.6 is 0 Å². The van der Waals surface area contributed by atoms with E-state index in [1.165, 1.54) is 122 Å². The molecule has 0 bridgehead atoms. The second kappa shape index (κ2) is 54.2. The van der Waals surface area contributed by atoms with E-state index in [0.717, 1.165) is 96.3 Å². The van der Waals surface area contributed by atoms with E-state index in [9.17, 15) is 14.4 Å². The van der Waals surface area contributed by atoms with Crippen molar-refractivity contribution in [1.29, 1.82) is 0 Å². The molecule has 0 heterocycles. The van der Waals surface area contributed by atoms with Gasteiger partial charge in [-0.05, 0) is 77.0 Å². The van der Waals surface area contributed by atoms with E-state index >= 15 is 0 Å². The molecular weight excluding hydrogens is 817 g/mol. The number of hydrogen-bond donors (Lipinski definition) is 0. The van der Waals surface area contributed by atoms with Crippen molar-refractivity contribution in [2.45, 2.75) is 264 Å². The molecule has 0 fully saturated rings. The molecule has 0 radical (unpaired) electrons. The van der Waals surface area contributed by atoms with Crippen LogP contribution in [0.4, 0.5) is 0 Å². The van der Waals surface area contributed by atoms with Gasteiger partial charge in [0.1, 0.15) is 13.2 Å². The summed E-state index contributed by atoms with van der Waals surface area (Å²) in [6.07, 6.45) is 70.2. The minimum atomic E-state index is -0.822. The smallest absolute Gasteiger partial charge is 0.309 e. The van der Waals surface area contributed by atoms with E-state index in [0.29, 0.717) is 12.8 Å². The van der Waals surface area contributed by atoms with Crippen LogP contribution in [0.5, 0.6) is 0 Å². The maximum Gasteiger partial charge on any atom is 0.309 e. The molecule has 0 aliphatic carbocycles. The topological polar surface area (TPSA) is 78.9 Å². The van der Waals surface area contributed by atoms with Gasteiger partial charge in [-0.3, -0.25) is 14.4 Å². The molecule has 0 aromatic heterocycles. The van der Waals surface area contributed by atoms with Crippen LogP contribution in [0.1, 0.15) is 258 Å². The molecule has 0 aromatic carbocycles. The molecule has 6 heteroatoms. The first-order valence-electron chi connectivity index (χ1n) is 27.6. The lowest BCUT2D eigenvalue weighted by Crippen LogP contribution is -2.30. The van der Waals surface area contributed by atoms with E-state index in [4.69, 9.17) is 14.2 Å². The van der Waals surface area contributed by atoms with Gasteiger partial charge in [0, 0.05) is 12.8 Å². The van der Waals surface area contributed by atoms with Crippen molar-refractivity contribution in [2.75, 3.05) is 13.2 Å². The van der Waals surface area contributed by atoms with Crippen molar-refractivity contribution >= 4 is 17.9 Å². The molecule has 6 nitrogen and oxygen atoms in total. The zero-order chi connectivity index (χ0) is 47.9. The maximum atomic E-state index is 12.8. The highest BCUT2D eigenvalue weighted by atomic mass is 16.6. The molecule has 0 aliphatic heterocycles. The summed E-state index contributed by atoms with van der Waals surface area (Å²) in [5.41, 5.74) is 0. The fourth-order valence-electron chi connectivity index (χ4n) is 7.55. The Bertz CT molecular complexity index is 1290. The Hall–Kier alpha value is -3.41.